The third-order valence-corrected chi connectivity index (χ3v) is 9.13. The van der Waals surface area contributed by atoms with Crippen LogP contribution in [0.1, 0.15) is 79.8 Å². The molecule has 0 unspecified atom stereocenters. The first-order valence-electron chi connectivity index (χ1n) is 11.6. The number of ketones is 1. The molecule has 2 aliphatic rings. The van der Waals surface area contributed by atoms with Crippen molar-refractivity contribution < 1.29 is 13.2 Å². The van der Waals surface area contributed by atoms with Crippen molar-refractivity contribution in [1.82, 2.24) is 9.21 Å². The number of carbonyl (C=O) groups excluding carboxylic acids is 1. The van der Waals surface area contributed by atoms with Crippen molar-refractivity contribution >= 4 is 15.8 Å². The second-order valence-electron chi connectivity index (χ2n) is 9.23. The minimum Gasteiger partial charge on any atom is -0.295 e. The Kier molecular flexibility index (Phi) is 7.75. The van der Waals surface area contributed by atoms with E-state index in [9.17, 15) is 13.2 Å². The Labute approximate surface area is 182 Å². The van der Waals surface area contributed by atoms with Gasteiger partial charge in [0.05, 0.1) is 5.75 Å². The number of nitrogens with zero attached hydrogens (tertiary/aromatic N) is 2. The van der Waals surface area contributed by atoms with E-state index < -0.39 is 10.0 Å². The van der Waals surface area contributed by atoms with Crippen molar-refractivity contribution in [3.63, 3.8) is 0 Å². The van der Waals surface area contributed by atoms with E-state index in [0.29, 0.717) is 25.9 Å². The Bertz CT molecular complexity index is 836. The molecule has 1 aromatic rings. The van der Waals surface area contributed by atoms with Crippen molar-refractivity contribution in [2.45, 2.75) is 77.7 Å². The maximum absolute atomic E-state index is 13.0. The number of carbonyl (C=O) groups is 1. The number of hydrogen-bond acceptors (Lipinski definition) is 4. The fraction of sp³-hybridized carbons (Fsp3) is 0.708. The van der Waals surface area contributed by atoms with Gasteiger partial charge in [-0.1, -0.05) is 49.9 Å². The lowest BCUT2D eigenvalue weighted by Gasteiger charge is -2.50. The van der Waals surface area contributed by atoms with E-state index in [0.717, 1.165) is 43.5 Å². The van der Waals surface area contributed by atoms with Crippen LogP contribution in [0.15, 0.2) is 18.2 Å². The van der Waals surface area contributed by atoms with E-state index >= 15 is 0 Å². The van der Waals surface area contributed by atoms with E-state index in [2.05, 4.69) is 17.9 Å². The summed E-state index contributed by atoms with van der Waals surface area (Å²) in [6, 6.07) is 6.07. The highest BCUT2D eigenvalue weighted by atomic mass is 32.2. The largest absolute Gasteiger partial charge is 0.295 e. The first kappa shape index (κ1) is 23.4. The molecular formula is C24H38N2O3S. The number of Topliss-reactive ketones (excluding diaryl/α,β-unsaturated/α-hetero) is 1. The Morgan fingerprint density at radius 3 is 2.30 bits per heavy atom. The molecule has 0 atom stereocenters. The van der Waals surface area contributed by atoms with E-state index in [1.54, 1.807) is 4.31 Å². The van der Waals surface area contributed by atoms with Crippen LogP contribution in [0.25, 0.3) is 0 Å². The van der Waals surface area contributed by atoms with Crippen LogP contribution in [0.5, 0.6) is 0 Å². The van der Waals surface area contributed by atoms with Gasteiger partial charge in [-0.3, -0.25) is 9.69 Å². The van der Waals surface area contributed by atoms with Gasteiger partial charge in [-0.15, -0.1) is 0 Å². The van der Waals surface area contributed by atoms with Gasteiger partial charge >= 0.3 is 0 Å². The third kappa shape index (κ3) is 5.32. The predicted octanol–water partition coefficient (Wildman–Crippen LogP) is 4.33. The van der Waals surface area contributed by atoms with Crippen LogP contribution in [-0.4, -0.2) is 60.9 Å². The molecule has 1 aliphatic carbocycles. The number of benzene rings is 1. The summed E-state index contributed by atoms with van der Waals surface area (Å²) in [5.41, 5.74) is 3.14. The van der Waals surface area contributed by atoms with Gasteiger partial charge in [-0.05, 0) is 45.1 Å². The molecule has 1 saturated heterocycles. The molecule has 1 heterocycles. The fourth-order valence-electron chi connectivity index (χ4n) is 5.37. The van der Waals surface area contributed by atoms with E-state index in [1.807, 2.05) is 26.0 Å². The molecule has 0 bridgehead atoms. The Balaban J connectivity index is 1.67. The molecule has 30 heavy (non-hydrogen) atoms. The molecule has 0 aromatic heterocycles. The first-order valence-corrected chi connectivity index (χ1v) is 13.2. The Morgan fingerprint density at radius 1 is 1.03 bits per heavy atom. The van der Waals surface area contributed by atoms with Crippen LogP contribution in [0.4, 0.5) is 0 Å². The highest BCUT2D eigenvalue weighted by Gasteiger charge is 2.40. The highest BCUT2D eigenvalue weighted by Crippen LogP contribution is 2.38. The lowest BCUT2D eigenvalue weighted by atomic mass is 9.76. The van der Waals surface area contributed by atoms with Crippen LogP contribution in [0.3, 0.4) is 0 Å². The zero-order valence-electron chi connectivity index (χ0n) is 19.0. The summed E-state index contributed by atoms with van der Waals surface area (Å²) in [7, 11) is -3.12. The highest BCUT2D eigenvalue weighted by molar-refractivity contribution is 7.89. The molecule has 3 rings (SSSR count). The van der Waals surface area contributed by atoms with Crippen molar-refractivity contribution in [2.24, 2.45) is 0 Å². The van der Waals surface area contributed by atoms with Crippen molar-refractivity contribution in [1.29, 1.82) is 0 Å². The Hall–Kier alpha value is -1.24. The maximum atomic E-state index is 13.0. The molecule has 0 spiro atoms. The SMILES string of the molecule is CCCS(=O)(=O)N1CCN(C2(CCC(=O)c3ccc(C)cc3C)CCCCC2)CC1. The van der Waals surface area contributed by atoms with Gasteiger partial charge < -0.3 is 0 Å². The molecule has 168 valence electrons. The van der Waals surface area contributed by atoms with Crippen molar-refractivity contribution in [3.05, 3.63) is 34.9 Å². The van der Waals surface area contributed by atoms with Crippen LogP contribution in [-0.2, 0) is 10.0 Å². The zero-order chi connectivity index (χ0) is 21.8. The van der Waals surface area contributed by atoms with Gasteiger partial charge in [0.15, 0.2) is 5.78 Å². The van der Waals surface area contributed by atoms with Gasteiger partial charge in [0.25, 0.3) is 0 Å². The summed E-state index contributed by atoms with van der Waals surface area (Å²) < 4.78 is 26.5. The number of rotatable bonds is 8. The molecular weight excluding hydrogens is 396 g/mol. The summed E-state index contributed by atoms with van der Waals surface area (Å²) in [6.07, 6.45) is 8.01. The topological polar surface area (TPSA) is 57.7 Å². The second kappa shape index (κ2) is 9.92. The maximum Gasteiger partial charge on any atom is 0.214 e. The molecule has 1 saturated carbocycles. The molecule has 1 aliphatic heterocycles. The summed E-state index contributed by atoms with van der Waals surface area (Å²) >= 11 is 0. The quantitative estimate of drug-likeness (QED) is 0.572. The van der Waals surface area contributed by atoms with E-state index in [-0.39, 0.29) is 17.1 Å². The summed E-state index contributed by atoms with van der Waals surface area (Å²) in [6.45, 7) is 8.70. The molecule has 2 fully saturated rings. The normalized spacial score (nSPS) is 20.9. The van der Waals surface area contributed by atoms with Gasteiger partial charge in [0.2, 0.25) is 10.0 Å². The smallest absolute Gasteiger partial charge is 0.214 e. The van der Waals surface area contributed by atoms with Crippen LogP contribution in [0.2, 0.25) is 0 Å². The number of hydrogen-bond donors (Lipinski definition) is 0. The van der Waals surface area contributed by atoms with Crippen LogP contribution in [0, 0.1) is 13.8 Å². The molecule has 1 aromatic carbocycles. The molecule has 5 nitrogen and oxygen atoms in total. The summed E-state index contributed by atoms with van der Waals surface area (Å²) in [5.74, 6) is 0.476. The molecule has 6 heteroatoms. The zero-order valence-corrected chi connectivity index (χ0v) is 19.8. The average molecular weight is 435 g/mol. The van der Waals surface area contributed by atoms with Crippen molar-refractivity contribution in [3.8, 4) is 0 Å². The minimum absolute atomic E-state index is 0.0487. The van der Waals surface area contributed by atoms with E-state index in [1.165, 1.54) is 24.8 Å². The fourth-order valence-corrected chi connectivity index (χ4v) is 6.86. The van der Waals surface area contributed by atoms with Crippen LogP contribution >= 0.6 is 0 Å². The lowest BCUT2D eigenvalue weighted by Crippen LogP contribution is -2.58. The monoisotopic (exact) mass is 434 g/mol. The number of aryl methyl sites for hydroxylation is 2. The van der Waals surface area contributed by atoms with Gasteiger partial charge in [-0.25, -0.2) is 8.42 Å². The summed E-state index contributed by atoms with van der Waals surface area (Å²) in [4.78, 5) is 15.5. The van der Waals surface area contributed by atoms with Gasteiger partial charge in [0, 0.05) is 43.7 Å². The first-order chi connectivity index (χ1) is 14.3. The standard InChI is InChI=1S/C24H38N2O3S/c1-4-18-30(28,29)26-16-14-25(15-17-26)24(11-6-5-7-12-24)13-10-23(27)22-9-8-20(2)19-21(22)3/h8-9,19H,4-7,10-18H2,1-3H3. The summed E-state index contributed by atoms with van der Waals surface area (Å²) in [5, 5.41) is 0. The molecule has 0 amide bonds. The van der Waals surface area contributed by atoms with Gasteiger partial charge in [0.1, 0.15) is 0 Å². The second-order valence-corrected chi connectivity index (χ2v) is 11.3. The van der Waals surface area contributed by atoms with Crippen molar-refractivity contribution in [2.75, 3.05) is 31.9 Å². The average Bonchev–Trinajstić information content (AvgIpc) is 2.73. The van der Waals surface area contributed by atoms with E-state index in [4.69, 9.17) is 0 Å². The number of piperazine rings is 1. The molecule has 0 radical (unpaired) electrons. The minimum atomic E-state index is -3.12. The number of sulfonamides is 1. The Morgan fingerprint density at radius 2 is 1.70 bits per heavy atom. The third-order valence-electron chi connectivity index (χ3n) is 7.05. The van der Waals surface area contributed by atoms with Crippen LogP contribution < -0.4 is 0 Å². The molecule has 0 N–H and O–H groups in total. The lowest BCUT2D eigenvalue weighted by molar-refractivity contribution is 0.0165. The predicted molar refractivity (Wildman–Crippen MR) is 123 cm³/mol. The van der Waals surface area contributed by atoms with Gasteiger partial charge in [-0.2, -0.15) is 4.31 Å².